The highest BCUT2D eigenvalue weighted by Gasteiger charge is 2.31. The smallest absolute Gasteiger partial charge is 0.254 e. The van der Waals surface area contributed by atoms with E-state index in [1.165, 1.54) is 34.8 Å². The van der Waals surface area contributed by atoms with Crippen LogP contribution in [0.4, 0.5) is 4.39 Å². The van der Waals surface area contributed by atoms with Crippen molar-refractivity contribution in [2.24, 2.45) is 0 Å². The van der Waals surface area contributed by atoms with E-state index in [4.69, 9.17) is 0 Å². The molecule has 30 heavy (non-hydrogen) atoms. The monoisotopic (exact) mass is 432 g/mol. The molecule has 1 fully saturated rings. The number of halogens is 1. The molecule has 6 nitrogen and oxygen atoms in total. The van der Waals surface area contributed by atoms with Gasteiger partial charge in [-0.15, -0.1) is 0 Å². The van der Waals surface area contributed by atoms with Crippen molar-refractivity contribution in [1.82, 2.24) is 9.21 Å². The highest BCUT2D eigenvalue weighted by molar-refractivity contribution is 7.88. The summed E-state index contributed by atoms with van der Waals surface area (Å²) in [5.41, 5.74) is 0.866. The summed E-state index contributed by atoms with van der Waals surface area (Å²) < 4.78 is 38.6. The molecule has 0 N–H and O–H groups in total. The van der Waals surface area contributed by atoms with Crippen molar-refractivity contribution in [2.45, 2.75) is 25.8 Å². The van der Waals surface area contributed by atoms with Gasteiger partial charge in [-0.3, -0.25) is 9.59 Å². The molecule has 0 radical (unpaired) electrons. The molecule has 0 aromatic heterocycles. The standard InChI is InChI=1S/C22H25FN2O4S/c1-3-25(30(2,28)29)18-12-14-24(15-13-18)22(27)20-7-5-4-6-19(20)21(26)16-8-10-17(23)11-9-16/h4-11,18H,3,12-15H2,1-2H3. The number of carbonyl (C=O) groups excluding carboxylic acids is 2. The van der Waals surface area contributed by atoms with Gasteiger partial charge in [-0.05, 0) is 43.2 Å². The topological polar surface area (TPSA) is 74.8 Å². The lowest BCUT2D eigenvalue weighted by Gasteiger charge is -2.37. The zero-order valence-electron chi connectivity index (χ0n) is 17.0. The number of hydrogen-bond donors (Lipinski definition) is 0. The maximum absolute atomic E-state index is 13.2. The van der Waals surface area contributed by atoms with Gasteiger partial charge in [0.05, 0.1) is 11.8 Å². The van der Waals surface area contributed by atoms with Crippen LogP contribution in [0.2, 0.25) is 0 Å². The van der Waals surface area contributed by atoms with Gasteiger partial charge in [-0.2, -0.15) is 4.31 Å². The summed E-state index contributed by atoms with van der Waals surface area (Å²) in [6.07, 6.45) is 2.28. The molecule has 2 aromatic carbocycles. The van der Waals surface area contributed by atoms with E-state index in [1.54, 1.807) is 36.1 Å². The van der Waals surface area contributed by atoms with E-state index in [-0.39, 0.29) is 23.3 Å². The van der Waals surface area contributed by atoms with Crippen LogP contribution < -0.4 is 0 Å². The number of likely N-dealkylation sites (tertiary alicyclic amines) is 1. The van der Waals surface area contributed by atoms with Crippen molar-refractivity contribution < 1.29 is 22.4 Å². The molecule has 1 amide bonds. The number of piperidine rings is 1. The van der Waals surface area contributed by atoms with E-state index in [1.807, 2.05) is 0 Å². The fraction of sp³-hybridized carbons (Fsp3) is 0.364. The average molecular weight is 433 g/mol. The zero-order valence-corrected chi connectivity index (χ0v) is 17.9. The molecule has 160 valence electrons. The van der Waals surface area contributed by atoms with E-state index < -0.39 is 15.8 Å². The Morgan fingerprint density at radius 3 is 2.13 bits per heavy atom. The number of amides is 1. The van der Waals surface area contributed by atoms with Crippen molar-refractivity contribution in [1.29, 1.82) is 0 Å². The Balaban J connectivity index is 1.77. The largest absolute Gasteiger partial charge is 0.339 e. The molecule has 3 rings (SSSR count). The van der Waals surface area contributed by atoms with Gasteiger partial charge in [0.15, 0.2) is 5.78 Å². The number of sulfonamides is 1. The van der Waals surface area contributed by atoms with Crippen LogP contribution in [0.25, 0.3) is 0 Å². The quantitative estimate of drug-likeness (QED) is 0.658. The predicted molar refractivity (Wildman–Crippen MR) is 112 cm³/mol. The van der Waals surface area contributed by atoms with Crippen LogP contribution in [0.1, 0.15) is 46.0 Å². The normalized spacial score (nSPS) is 15.4. The lowest BCUT2D eigenvalue weighted by atomic mass is 9.96. The molecule has 1 aliphatic heterocycles. The first kappa shape index (κ1) is 22.1. The van der Waals surface area contributed by atoms with Gasteiger partial charge in [0, 0.05) is 36.8 Å². The molecule has 0 atom stereocenters. The lowest BCUT2D eigenvalue weighted by molar-refractivity contribution is 0.0677. The SMILES string of the molecule is CCN(C1CCN(C(=O)c2ccccc2C(=O)c2ccc(F)cc2)CC1)S(C)(=O)=O. The van der Waals surface area contributed by atoms with Gasteiger partial charge in [-0.1, -0.05) is 25.1 Å². The van der Waals surface area contributed by atoms with Gasteiger partial charge in [-0.25, -0.2) is 12.8 Å². The van der Waals surface area contributed by atoms with Crippen LogP contribution in [0.3, 0.4) is 0 Å². The second-order valence-corrected chi connectivity index (χ2v) is 9.31. The van der Waals surface area contributed by atoms with Crippen LogP contribution in [0, 0.1) is 5.82 Å². The molecular formula is C22H25FN2O4S. The Morgan fingerprint density at radius 1 is 1.03 bits per heavy atom. The Kier molecular flexibility index (Phi) is 6.67. The maximum atomic E-state index is 13.2. The summed E-state index contributed by atoms with van der Waals surface area (Å²) in [5.74, 6) is -1.04. The predicted octanol–water partition coefficient (Wildman–Crippen LogP) is 2.94. The molecule has 0 saturated carbocycles. The van der Waals surface area contributed by atoms with E-state index in [9.17, 15) is 22.4 Å². The summed E-state index contributed by atoms with van der Waals surface area (Å²) >= 11 is 0. The van der Waals surface area contributed by atoms with Crippen LogP contribution in [-0.2, 0) is 10.0 Å². The van der Waals surface area contributed by atoms with Crippen LogP contribution in [0.5, 0.6) is 0 Å². The minimum absolute atomic E-state index is 0.134. The summed E-state index contributed by atoms with van der Waals surface area (Å²) in [6, 6.07) is 11.7. The second kappa shape index (κ2) is 9.06. The summed E-state index contributed by atoms with van der Waals surface area (Å²) in [4.78, 5) is 27.7. The van der Waals surface area contributed by atoms with Crippen molar-refractivity contribution in [3.8, 4) is 0 Å². The Morgan fingerprint density at radius 2 is 1.60 bits per heavy atom. The van der Waals surface area contributed by atoms with Crippen molar-refractivity contribution in [3.63, 3.8) is 0 Å². The molecule has 0 bridgehead atoms. The maximum Gasteiger partial charge on any atom is 0.254 e. The molecular weight excluding hydrogens is 407 g/mol. The van der Waals surface area contributed by atoms with E-state index >= 15 is 0 Å². The first-order valence-electron chi connectivity index (χ1n) is 9.87. The van der Waals surface area contributed by atoms with E-state index in [2.05, 4.69) is 0 Å². The van der Waals surface area contributed by atoms with Crippen molar-refractivity contribution in [2.75, 3.05) is 25.9 Å². The number of nitrogens with zero attached hydrogens (tertiary/aromatic N) is 2. The van der Waals surface area contributed by atoms with Crippen LogP contribution in [-0.4, -0.2) is 61.2 Å². The molecule has 0 aliphatic carbocycles. The lowest BCUT2D eigenvalue weighted by Crippen LogP contribution is -2.48. The summed E-state index contributed by atoms with van der Waals surface area (Å²) in [7, 11) is -3.30. The van der Waals surface area contributed by atoms with E-state index in [0.29, 0.717) is 43.6 Å². The fourth-order valence-electron chi connectivity index (χ4n) is 3.92. The van der Waals surface area contributed by atoms with Gasteiger partial charge in [0.1, 0.15) is 5.82 Å². The first-order valence-corrected chi connectivity index (χ1v) is 11.7. The minimum Gasteiger partial charge on any atom is -0.339 e. The third kappa shape index (κ3) is 4.76. The number of ketones is 1. The van der Waals surface area contributed by atoms with E-state index in [0.717, 1.165) is 0 Å². The first-order chi connectivity index (χ1) is 14.2. The second-order valence-electron chi connectivity index (χ2n) is 7.37. The third-order valence-corrected chi connectivity index (χ3v) is 6.81. The zero-order chi connectivity index (χ0) is 21.9. The van der Waals surface area contributed by atoms with Crippen LogP contribution >= 0.6 is 0 Å². The molecule has 8 heteroatoms. The van der Waals surface area contributed by atoms with Gasteiger partial charge >= 0.3 is 0 Å². The summed E-state index contributed by atoms with van der Waals surface area (Å²) in [6.45, 7) is 3.02. The van der Waals surface area contributed by atoms with Crippen molar-refractivity contribution in [3.05, 3.63) is 71.0 Å². The molecule has 0 spiro atoms. The number of hydrogen-bond acceptors (Lipinski definition) is 4. The molecule has 0 unspecified atom stereocenters. The molecule has 1 aliphatic rings. The molecule has 1 saturated heterocycles. The number of carbonyl (C=O) groups is 2. The molecule has 1 heterocycles. The Bertz CT molecular complexity index is 1030. The fourth-order valence-corrected chi connectivity index (χ4v) is 5.14. The third-order valence-electron chi connectivity index (χ3n) is 5.41. The number of rotatable bonds is 6. The minimum atomic E-state index is -3.30. The van der Waals surface area contributed by atoms with Gasteiger partial charge in [0.2, 0.25) is 10.0 Å². The average Bonchev–Trinajstić information content (AvgIpc) is 2.73. The number of benzene rings is 2. The Labute approximate surface area is 176 Å². The highest BCUT2D eigenvalue weighted by Crippen LogP contribution is 2.22. The van der Waals surface area contributed by atoms with Gasteiger partial charge < -0.3 is 4.90 Å². The molecule has 2 aromatic rings. The Hall–Kier alpha value is -2.58. The van der Waals surface area contributed by atoms with Gasteiger partial charge in [0.25, 0.3) is 5.91 Å². The summed E-state index contributed by atoms with van der Waals surface area (Å²) in [5, 5.41) is 0. The van der Waals surface area contributed by atoms with Crippen LogP contribution in [0.15, 0.2) is 48.5 Å². The highest BCUT2D eigenvalue weighted by atomic mass is 32.2. The van der Waals surface area contributed by atoms with Crippen molar-refractivity contribution >= 4 is 21.7 Å².